The Morgan fingerprint density at radius 1 is 1.22 bits per heavy atom. The van der Waals surface area contributed by atoms with E-state index in [1.165, 1.54) is 4.31 Å². The van der Waals surface area contributed by atoms with E-state index in [2.05, 4.69) is 5.32 Å². The van der Waals surface area contributed by atoms with Crippen LogP contribution in [-0.4, -0.2) is 62.2 Å². The summed E-state index contributed by atoms with van der Waals surface area (Å²) >= 11 is 0. The minimum atomic E-state index is -3.15. The van der Waals surface area contributed by atoms with Crippen LogP contribution in [0.2, 0.25) is 0 Å². The van der Waals surface area contributed by atoms with Crippen molar-refractivity contribution < 1.29 is 17.9 Å². The number of hydrogen-bond acceptors (Lipinski definition) is 4. The van der Waals surface area contributed by atoms with Gasteiger partial charge in [-0.25, -0.2) is 13.2 Å². The summed E-state index contributed by atoms with van der Waals surface area (Å²) in [6.45, 7) is 1.54. The van der Waals surface area contributed by atoms with Crippen molar-refractivity contribution in [2.45, 2.75) is 18.1 Å². The van der Waals surface area contributed by atoms with Crippen molar-refractivity contribution in [1.29, 1.82) is 0 Å². The van der Waals surface area contributed by atoms with Gasteiger partial charge in [0.05, 0.1) is 12.4 Å². The van der Waals surface area contributed by atoms with Crippen molar-refractivity contribution in [2.75, 3.05) is 38.6 Å². The van der Waals surface area contributed by atoms with E-state index in [0.717, 1.165) is 12.8 Å². The number of carbonyl (C=O) groups excluding carboxylic acids is 1. The van der Waals surface area contributed by atoms with Crippen LogP contribution in [0.15, 0.2) is 24.3 Å². The Hall–Kier alpha value is -1.80. The van der Waals surface area contributed by atoms with Crippen molar-refractivity contribution in [3.63, 3.8) is 0 Å². The van der Waals surface area contributed by atoms with Gasteiger partial charge in [-0.15, -0.1) is 0 Å². The fourth-order valence-electron chi connectivity index (χ4n) is 2.63. The fourth-order valence-corrected chi connectivity index (χ4v) is 4.45. The molecule has 1 aromatic carbocycles. The maximum Gasteiger partial charge on any atom is 0.321 e. The number of amides is 2. The van der Waals surface area contributed by atoms with Crippen LogP contribution >= 0.6 is 0 Å². The van der Waals surface area contributed by atoms with Crippen molar-refractivity contribution in [3.05, 3.63) is 24.3 Å². The summed E-state index contributed by atoms with van der Waals surface area (Å²) in [5, 5.41) is 2.62. The molecule has 2 amide bonds. The van der Waals surface area contributed by atoms with Crippen molar-refractivity contribution in [3.8, 4) is 5.75 Å². The molecule has 8 heteroatoms. The van der Waals surface area contributed by atoms with Gasteiger partial charge in [-0.3, -0.25) is 0 Å². The molecule has 7 nitrogen and oxygen atoms in total. The van der Waals surface area contributed by atoms with Gasteiger partial charge in [-0.2, -0.15) is 4.31 Å². The van der Waals surface area contributed by atoms with Gasteiger partial charge in [-0.1, -0.05) is 6.07 Å². The molecule has 1 aromatic rings. The molecule has 0 spiro atoms. The molecule has 1 heterocycles. The first-order valence-electron chi connectivity index (χ1n) is 7.69. The van der Waals surface area contributed by atoms with Crippen LogP contribution in [-0.2, 0) is 10.0 Å². The van der Waals surface area contributed by atoms with E-state index in [1.807, 2.05) is 0 Å². The predicted octanol–water partition coefficient (Wildman–Crippen LogP) is 1.34. The second-order valence-corrected chi connectivity index (χ2v) is 8.01. The Kier molecular flexibility index (Phi) is 4.45. The molecule has 0 unspecified atom stereocenters. The van der Waals surface area contributed by atoms with Crippen molar-refractivity contribution in [2.24, 2.45) is 0 Å². The van der Waals surface area contributed by atoms with Gasteiger partial charge in [0.2, 0.25) is 10.0 Å². The van der Waals surface area contributed by atoms with E-state index in [4.69, 9.17) is 4.74 Å². The number of ether oxygens (including phenoxy) is 1. The van der Waals surface area contributed by atoms with Gasteiger partial charge >= 0.3 is 6.03 Å². The molecule has 0 atom stereocenters. The first kappa shape index (κ1) is 16.1. The van der Waals surface area contributed by atoms with Crippen LogP contribution in [0.25, 0.3) is 0 Å². The average Bonchev–Trinajstić information content (AvgIpc) is 3.40. The number of anilines is 1. The van der Waals surface area contributed by atoms with Crippen LogP contribution in [0.1, 0.15) is 12.8 Å². The predicted molar refractivity (Wildman–Crippen MR) is 87.1 cm³/mol. The summed E-state index contributed by atoms with van der Waals surface area (Å²) in [5.74, 6) is 0.670. The van der Waals surface area contributed by atoms with Crippen LogP contribution in [0.3, 0.4) is 0 Å². The zero-order chi connectivity index (χ0) is 16.4. The maximum absolute atomic E-state index is 12.3. The molecule has 1 N–H and O–H groups in total. The summed E-state index contributed by atoms with van der Waals surface area (Å²) in [6.07, 6.45) is 1.53. The highest BCUT2D eigenvalue weighted by molar-refractivity contribution is 7.90. The van der Waals surface area contributed by atoms with Crippen LogP contribution in [0.5, 0.6) is 5.75 Å². The Morgan fingerprint density at radius 3 is 2.52 bits per heavy atom. The van der Waals surface area contributed by atoms with Crippen LogP contribution in [0, 0.1) is 0 Å². The molecular weight excluding hydrogens is 318 g/mol. The summed E-state index contributed by atoms with van der Waals surface area (Å²) in [4.78, 5) is 13.9. The molecule has 126 valence electrons. The topological polar surface area (TPSA) is 79.0 Å². The summed E-state index contributed by atoms with van der Waals surface area (Å²) < 4.78 is 31.0. The molecule has 2 aliphatic rings. The first-order valence-corrected chi connectivity index (χ1v) is 9.20. The number of sulfonamides is 1. The number of hydrogen-bond donors (Lipinski definition) is 1. The van der Waals surface area contributed by atoms with E-state index >= 15 is 0 Å². The number of benzene rings is 1. The van der Waals surface area contributed by atoms with E-state index < -0.39 is 10.0 Å². The molecule has 0 aromatic heterocycles. The second-order valence-electron chi connectivity index (χ2n) is 5.79. The number of urea groups is 1. The third kappa shape index (κ3) is 3.59. The lowest BCUT2D eigenvalue weighted by Crippen LogP contribution is -2.52. The average molecular weight is 339 g/mol. The van der Waals surface area contributed by atoms with Crippen molar-refractivity contribution in [1.82, 2.24) is 9.21 Å². The van der Waals surface area contributed by atoms with Gasteiger partial charge in [0.15, 0.2) is 0 Å². The Morgan fingerprint density at radius 2 is 1.91 bits per heavy atom. The number of carbonyl (C=O) groups is 1. The minimum Gasteiger partial charge on any atom is -0.497 e. The highest BCUT2D eigenvalue weighted by Gasteiger charge is 2.41. The summed E-state index contributed by atoms with van der Waals surface area (Å²) in [6, 6.07) is 6.91. The maximum atomic E-state index is 12.3. The monoisotopic (exact) mass is 339 g/mol. The van der Waals surface area contributed by atoms with Crippen LogP contribution < -0.4 is 10.1 Å². The zero-order valence-corrected chi connectivity index (χ0v) is 13.9. The Bertz CT molecular complexity index is 680. The number of methoxy groups -OCH3 is 1. The first-order chi connectivity index (χ1) is 11.0. The third-order valence-electron chi connectivity index (χ3n) is 4.15. The molecule has 0 radical (unpaired) electrons. The zero-order valence-electron chi connectivity index (χ0n) is 13.1. The smallest absolute Gasteiger partial charge is 0.321 e. The van der Waals surface area contributed by atoms with E-state index in [9.17, 15) is 13.2 Å². The Labute approximate surface area is 136 Å². The van der Waals surface area contributed by atoms with Crippen molar-refractivity contribution >= 4 is 21.7 Å². The van der Waals surface area contributed by atoms with Gasteiger partial charge < -0.3 is 15.0 Å². The van der Waals surface area contributed by atoms with E-state index in [1.54, 1.807) is 36.3 Å². The molecule has 2 fully saturated rings. The van der Waals surface area contributed by atoms with Gasteiger partial charge in [0.25, 0.3) is 0 Å². The molecule has 0 bridgehead atoms. The molecule has 1 aliphatic carbocycles. The Balaban J connectivity index is 1.55. The quantitative estimate of drug-likeness (QED) is 0.898. The number of piperazine rings is 1. The normalized spacial score (nSPS) is 19.4. The molecule has 1 saturated heterocycles. The second kappa shape index (κ2) is 6.37. The van der Waals surface area contributed by atoms with Gasteiger partial charge in [0, 0.05) is 37.9 Å². The summed E-state index contributed by atoms with van der Waals surface area (Å²) in [5.41, 5.74) is 0.655. The third-order valence-corrected chi connectivity index (χ3v) is 6.55. The number of nitrogens with one attached hydrogen (secondary N) is 1. The highest BCUT2D eigenvalue weighted by Crippen LogP contribution is 2.31. The molecule has 1 aliphatic heterocycles. The lowest BCUT2D eigenvalue weighted by atomic mass is 10.3. The molecule has 3 rings (SSSR count). The minimum absolute atomic E-state index is 0.195. The molecule has 23 heavy (non-hydrogen) atoms. The summed E-state index contributed by atoms with van der Waals surface area (Å²) in [7, 11) is -1.58. The molecule has 1 saturated carbocycles. The standard InChI is InChI=1S/C15H21N3O4S/c1-22-13-4-2-3-12(11-13)16-15(19)17-7-9-18(10-8-17)23(20,21)14-5-6-14/h2-4,11,14H,5-10H2,1H3,(H,16,19). The largest absolute Gasteiger partial charge is 0.497 e. The SMILES string of the molecule is COc1cccc(NC(=O)N2CCN(S(=O)(=O)C3CC3)CC2)c1. The van der Waals surface area contributed by atoms with Gasteiger partial charge in [0.1, 0.15) is 5.75 Å². The lowest BCUT2D eigenvalue weighted by Gasteiger charge is -2.34. The van der Waals surface area contributed by atoms with Gasteiger partial charge in [-0.05, 0) is 25.0 Å². The van der Waals surface area contributed by atoms with E-state index in [-0.39, 0.29) is 11.3 Å². The highest BCUT2D eigenvalue weighted by atomic mass is 32.2. The van der Waals surface area contributed by atoms with Crippen LogP contribution in [0.4, 0.5) is 10.5 Å². The fraction of sp³-hybridized carbons (Fsp3) is 0.533. The number of rotatable bonds is 4. The molecular formula is C15H21N3O4S. The number of nitrogens with zero attached hydrogens (tertiary/aromatic N) is 2. The lowest BCUT2D eigenvalue weighted by molar-refractivity contribution is 0.184. The van der Waals surface area contributed by atoms with E-state index in [0.29, 0.717) is 37.6 Å².